The van der Waals surface area contributed by atoms with Gasteiger partial charge in [0.2, 0.25) is 0 Å². The van der Waals surface area contributed by atoms with Crippen molar-refractivity contribution in [1.82, 2.24) is 0 Å². The molecule has 0 aliphatic carbocycles. The second-order valence-corrected chi connectivity index (χ2v) is 2.62. The molecule has 0 spiro atoms. The van der Waals surface area contributed by atoms with Gasteiger partial charge in [-0.2, -0.15) is 12.6 Å². The fourth-order valence-corrected chi connectivity index (χ4v) is 0.882. The van der Waals surface area contributed by atoms with Crippen LogP contribution in [0, 0.1) is 0 Å². The second kappa shape index (κ2) is 4.97. The number of hydrogen-bond donors (Lipinski definition) is 1. The van der Waals surface area contributed by atoms with Gasteiger partial charge in [-0.1, -0.05) is 30.3 Å². The van der Waals surface area contributed by atoms with Gasteiger partial charge < -0.3 is 0 Å². The summed E-state index contributed by atoms with van der Waals surface area (Å²) in [5, 5.41) is 0. The molecule has 0 aromatic heterocycles. The van der Waals surface area contributed by atoms with E-state index in [1.807, 2.05) is 36.5 Å². The predicted octanol–water partition coefficient (Wildman–Crippen LogP) is 2.04. The molecule has 0 amide bonds. The van der Waals surface area contributed by atoms with Crippen LogP contribution < -0.4 is 0 Å². The summed E-state index contributed by atoms with van der Waals surface area (Å²) in [7, 11) is 0. The molecule has 0 radical (unpaired) electrons. The molecule has 11 heavy (non-hydrogen) atoms. The number of hydrogen-bond acceptors (Lipinski definition) is 2. The Balaban J connectivity index is 2.50. The van der Waals surface area contributed by atoms with Crippen molar-refractivity contribution in [3.8, 4) is 0 Å². The lowest BCUT2D eigenvalue weighted by atomic mass is 10.2. The lowest BCUT2D eigenvalue weighted by Crippen LogP contribution is -1.83. The third-order valence-corrected chi connectivity index (χ3v) is 1.47. The first kappa shape index (κ1) is 8.34. The molecule has 1 aromatic carbocycles. The summed E-state index contributed by atoms with van der Waals surface area (Å²) in [6.07, 6.45) is 1.87. The Morgan fingerprint density at radius 3 is 2.64 bits per heavy atom. The average Bonchev–Trinajstić information content (AvgIpc) is 2.07. The van der Waals surface area contributed by atoms with E-state index in [0.29, 0.717) is 0 Å². The maximum absolute atomic E-state index is 4.16. The van der Waals surface area contributed by atoms with E-state index in [0.717, 1.165) is 17.9 Å². The number of nitrogens with zero attached hydrogens (tertiary/aromatic N) is 1. The summed E-state index contributed by atoms with van der Waals surface area (Å²) in [4.78, 5) is 4.16. The summed E-state index contributed by atoms with van der Waals surface area (Å²) < 4.78 is 0. The van der Waals surface area contributed by atoms with Crippen LogP contribution in [0.1, 0.15) is 5.56 Å². The van der Waals surface area contributed by atoms with Crippen molar-refractivity contribution in [2.45, 2.75) is 0 Å². The smallest absolute Gasteiger partial charge is 0.0477 e. The molecule has 1 nitrogen and oxygen atoms in total. The van der Waals surface area contributed by atoms with Crippen molar-refractivity contribution in [3.05, 3.63) is 35.9 Å². The summed E-state index contributed by atoms with van der Waals surface area (Å²) in [5.74, 6) is 0.809. The Labute approximate surface area is 72.6 Å². The Hall–Kier alpha value is -0.760. The molecular formula is C9H11NS. The van der Waals surface area contributed by atoms with Crippen molar-refractivity contribution in [1.29, 1.82) is 0 Å². The van der Waals surface area contributed by atoms with Crippen LogP contribution in [0.15, 0.2) is 35.3 Å². The topological polar surface area (TPSA) is 12.4 Å². The van der Waals surface area contributed by atoms with Crippen LogP contribution in [0.5, 0.6) is 0 Å². The van der Waals surface area contributed by atoms with E-state index in [1.54, 1.807) is 0 Å². The first-order valence-electron chi connectivity index (χ1n) is 3.59. The van der Waals surface area contributed by atoms with E-state index in [1.165, 1.54) is 0 Å². The Bertz CT molecular complexity index is 218. The molecule has 0 heterocycles. The highest BCUT2D eigenvalue weighted by Gasteiger charge is 1.81. The van der Waals surface area contributed by atoms with Crippen molar-refractivity contribution in [3.63, 3.8) is 0 Å². The Morgan fingerprint density at radius 1 is 1.27 bits per heavy atom. The largest absolute Gasteiger partial charge is 0.292 e. The van der Waals surface area contributed by atoms with E-state index in [9.17, 15) is 0 Å². The zero-order valence-electron chi connectivity index (χ0n) is 6.27. The lowest BCUT2D eigenvalue weighted by molar-refractivity contribution is 1.16. The van der Waals surface area contributed by atoms with E-state index in [2.05, 4.69) is 17.6 Å². The molecular weight excluding hydrogens is 154 g/mol. The lowest BCUT2D eigenvalue weighted by Gasteiger charge is -1.89. The van der Waals surface area contributed by atoms with Crippen molar-refractivity contribution >= 4 is 18.8 Å². The maximum Gasteiger partial charge on any atom is 0.0477 e. The maximum atomic E-state index is 4.16. The average molecular weight is 165 g/mol. The van der Waals surface area contributed by atoms with E-state index >= 15 is 0 Å². The van der Waals surface area contributed by atoms with Crippen LogP contribution in [0.25, 0.3) is 0 Å². The summed E-state index contributed by atoms with van der Waals surface area (Å²) in [6.45, 7) is 0.790. The van der Waals surface area contributed by atoms with Crippen molar-refractivity contribution in [2.24, 2.45) is 4.99 Å². The highest BCUT2D eigenvalue weighted by molar-refractivity contribution is 7.80. The first-order valence-corrected chi connectivity index (χ1v) is 4.22. The molecule has 0 bridgehead atoms. The molecule has 0 aliphatic rings. The third-order valence-electron chi connectivity index (χ3n) is 1.27. The van der Waals surface area contributed by atoms with Crippen LogP contribution in [0.2, 0.25) is 0 Å². The molecule has 0 aliphatic heterocycles. The normalized spacial score (nSPS) is 10.6. The van der Waals surface area contributed by atoms with Gasteiger partial charge in [-0.3, -0.25) is 4.99 Å². The molecule has 0 unspecified atom stereocenters. The molecule has 0 atom stereocenters. The van der Waals surface area contributed by atoms with Crippen LogP contribution in [-0.4, -0.2) is 18.5 Å². The second-order valence-electron chi connectivity index (χ2n) is 2.17. The van der Waals surface area contributed by atoms with Crippen LogP contribution >= 0.6 is 12.6 Å². The monoisotopic (exact) mass is 165 g/mol. The van der Waals surface area contributed by atoms with Crippen LogP contribution in [-0.2, 0) is 0 Å². The van der Waals surface area contributed by atoms with Crippen molar-refractivity contribution in [2.75, 3.05) is 12.3 Å². The van der Waals surface area contributed by atoms with Gasteiger partial charge in [-0.25, -0.2) is 0 Å². The Morgan fingerprint density at radius 2 is 2.00 bits per heavy atom. The highest BCUT2D eigenvalue weighted by Crippen LogP contribution is 1.93. The summed E-state index contributed by atoms with van der Waals surface area (Å²) >= 11 is 4.05. The van der Waals surface area contributed by atoms with Gasteiger partial charge in [-0.05, 0) is 5.56 Å². The van der Waals surface area contributed by atoms with E-state index in [4.69, 9.17) is 0 Å². The van der Waals surface area contributed by atoms with Gasteiger partial charge in [0.15, 0.2) is 0 Å². The minimum atomic E-state index is 0.790. The van der Waals surface area contributed by atoms with Gasteiger partial charge in [0.25, 0.3) is 0 Å². The molecule has 1 rings (SSSR count). The molecule has 0 N–H and O–H groups in total. The molecule has 2 heteroatoms. The minimum absolute atomic E-state index is 0.790. The fraction of sp³-hybridized carbons (Fsp3) is 0.222. The SMILES string of the molecule is SCCN=Cc1ccccc1. The highest BCUT2D eigenvalue weighted by atomic mass is 32.1. The number of thiol groups is 1. The number of aliphatic imine (C=N–C) groups is 1. The quantitative estimate of drug-likeness (QED) is 0.520. The number of benzene rings is 1. The summed E-state index contributed by atoms with van der Waals surface area (Å²) in [6, 6.07) is 10.1. The zero-order valence-corrected chi connectivity index (χ0v) is 7.17. The molecule has 0 saturated carbocycles. The number of rotatable bonds is 3. The molecule has 0 fully saturated rings. The summed E-state index contributed by atoms with van der Waals surface area (Å²) in [5.41, 5.74) is 1.15. The van der Waals surface area contributed by atoms with E-state index in [-0.39, 0.29) is 0 Å². The van der Waals surface area contributed by atoms with Gasteiger partial charge in [-0.15, -0.1) is 0 Å². The van der Waals surface area contributed by atoms with Crippen molar-refractivity contribution < 1.29 is 0 Å². The molecule has 58 valence electrons. The van der Waals surface area contributed by atoms with Gasteiger partial charge in [0.05, 0.1) is 0 Å². The first-order chi connectivity index (χ1) is 5.43. The molecule has 1 aromatic rings. The standard InChI is InChI=1S/C9H11NS/c11-7-6-10-8-9-4-2-1-3-5-9/h1-5,8,11H,6-7H2. The van der Waals surface area contributed by atoms with E-state index < -0.39 is 0 Å². The van der Waals surface area contributed by atoms with Gasteiger partial charge in [0, 0.05) is 18.5 Å². The third kappa shape index (κ3) is 3.23. The zero-order chi connectivity index (χ0) is 7.94. The predicted molar refractivity (Wildman–Crippen MR) is 52.8 cm³/mol. The fourth-order valence-electron chi connectivity index (χ4n) is 0.767. The minimum Gasteiger partial charge on any atom is -0.292 e. The van der Waals surface area contributed by atoms with Gasteiger partial charge >= 0.3 is 0 Å². The van der Waals surface area contributed by atoms with Crippen LogP contribution in [0.3, 0.4) is 0 Å². The van der Waals surface area contributed by atoms with Gasteiger partial charge in [0.1, 0.15) is 0 Å². The van der Waals surface area contributed by atoms with Crippen LogP contribution in [0.4, 0.5) is 0 Å². The Kier molecular flexibility index (Phi) is 3.76. The molecule has 0 saturated heterocycles.